The van der Waals surface area contributed by atoms with Crippen LogP contribution in [-0.4, -0.2) is 52.7 Å². The van der Waals surface area contributed by atoms with E-state index in [2.05, 4.69) is 39.6 Å². The quantitative estimate of drug-likeness (QED) is 0.587. The summed E-state index contributed by atoms with van der Waals surface area (Å²) in [5, 5.41) is 6.53. The highest BCUT2D eigenvalue weighted by atomic mass is 16.2. The molecule has 7 heteroatoms. The van der Waals surface area contributed by atoms with Gasteiger partial charge in [0.2, 0.25) is 0 Å². The van der Waals surface area contributed by atoms with Gasteiger partial charge in [-0.15, -0.1) is 0 Å². The Morgan fingerprint density at radius 2 is 1.93 bits per heavy atom. The second-order valence-electron chi connectivity index (χ2n) is 8.22. The Kier molecular flexibility index (Phi) is 5.63. The maximum atomic E-state index is 13.0. The number of ketones is 1. The Hall–Kier alpha value is -3.06. The zero-order valence-corrected chi connectivity index (χ0v) is 17.6. The van der Waals surface area contributed by atoms with E-state index in [1.165, 1.54) is 6.92 Å². The molecule has 0 spiro atoms. The van der Waals surface area contributed by atoms with Gasteiger partial charge in [-0.05, 0) is 64.9 Å². The first-order valence-corrected chi connectivity index (χ1v) is 10.3. The van der Waals surface area contributed by atoms with Crippen LogP contribution in [0, 0.1) is 0 Å². The molecule has 2 aromatic rings. The predicted octanol–water partition coefficient (Wildman–Crippen LogP) is 2.96. The van der Waals surface area contributed by atoms with Gasteiger partial charge in [0.05, 0.1) is 17.5 Å². The molecule has 1 aromatic heterocycles. The molecule has 7 nitrogen and oxygen atoms in total. The van der Waals surface area contributed by atoms with Crippen LogP contribution >= 0.6 is 0 Å². The zero-order valence-electron chi connectivity index (χ0n) is 17.6. The first kappa shape index (κ1) is 20.2. The number of carbonyl (C=O) groups excluding carboxylic acids is 2. The Bertz CT molecular complexity index is 992. The second-order valence-corrected chi connectivity index (χ2v) is 8.22. The van der Waals surface area contributed by atoms with Gasteiger partial charge in [-0.2, -0.15) is 0 Å². The van der Waals surface area contributed by atoms with E-state index in [-0.39, 0.29) is 17.7 Å². The minimum atomic E-state index is -0.194. The van der Waals surface area contributed by atoms with Crippen LogP contribution in [0.3, 0.4) is 0 Å². The van der Waals surface area contributed by atoms with Crippen molar-refractivity contribution in [2.75, 3.05) is 19.4 Å². The fourth-order valence-electron chi connectivity index (χ4n) is 4.28. The van der Waals surface area contributed by atoms with Gasteiger partial charge >= 0.3 is 0 Å². The molecule has 1 fully saturated rings. The summed E-state index contributed by atoms with van der Waals surface area (Å²) >= 11 is 0. The van der Waals surface area contributed by atoms with Crippen LogP contribution in [0.25, 0.3) is 11.3 Å². The van der Waals surface area contributed by atoms with Gasteiger partial charge in [0.15, 0.2) is 5.78 Å². The number of aromatic nitrogens is 2. The van der Waals surface area contributed by atoms with E-state index < -0.39 is 0 Å². The lowest BCUT2D eigenvalue weighted by molar-refractivity contribution is -0.110. The van der Waals surface area contributed by atoms with Crippen molar-refractivity contribution in [2.24, 2.45) is 0 Å². The molecule has 1 aromatic carbocycles. The molecule has 156 valence electrons. The first-order valence-electron chi connectivity index (χ1n) is 10.3. The average molecular weight is 406 g/mol. The third-order valence-electron chi connectivity index (χ3n) is 6.02. The molecule has 0 saturated heterocycles. The fourth-order valence-corrected chi connectivity index (χ4v) is 4.28. The van der Waals surface area contributed by atoms with Crippen molar-refractivity contribution in [1.82, 2.24) is 20.2 Å². The van der Waals surface area contributed by atoms with Crippen LogP contribution in [0.5, 0.6) is 0 Å². The second kappa shape index (κ2) is 8.36. The number of carbonyl (C=O) groups is 2. The summed E-state index contributed by atoms with van der Waals surface area (Å²) in [6.07, 6.45) is 9.14. The lowest BCUT2D eigenvalue weighted by Crippen LogP contribution is -2.39. The van der Waals surface area contributed by atoms with Gasteiger partial charge in [0, 0.05) is 41.3 Å². The molecule has 1 amide bonds. The van der Waals surface area contributed by atoms with Crippen LogP contribution in [0.1, 0.15) is 54.2 Å². The van der Waals surface area contributed by atoms with Gasteiger partial charge in [-0.25, -0.2) is 0 Å². The number of nitrogens with one attached hydrogen (secondary N) is 2. The van der Waals surface area contributed by atoms with Gasteiger partial charge in [0.1, 0.15) is 5.69 Å². The molecular formula is C23H27N5O2. The van der Waals surface area contributed by atoms with E-state index in [1.54, 1.807) is 36.8 Å². The van der Waals surface area contributed by atoms with E-state index >= 15 is 0 Å². The standard InChI is InChI=1S/C23H27N5O2/c1-14(29)15-4-9-19-18(12-15)21(23(30)27-19)22(20-13-24-10-11-25-20)26-16-5-7-17(8-6-16)28(2)3/h4,9-13,16-17,26H,5-8H2,1-3H3,(H,27,30). The molecule has 1 aliphatic heterocycles. The van der Waals surface area contributed by atoms with Crippen molar-refractivity contribution >= 4 is 28.6 Å². The van der Waals surface area contributed by atoms with Crippen LogP contribution in [0.4, 0.5) is 5.69 Å². The minimum Gasteiger partial charge on any atom is -0.380 e. The number of rotatable bonds is 5. The maximum absolute atomic E-state index is 13.0. The number of hydrogen-bond acceptors (Lipinski definition) is 6. The SMILES string of the molecule is CC(=O)c1ccc2c(c1)C(=C(NC1CCC(N(C)C)CC1)c1cnccn1)C(=O)N2. The molecule has 0 atom stereocenters. The van der Waals surface area contributed by atoms with Crippen molar-refractivity contribution in [1.29, 1.82) is 0 Å². The van der Waals surface area contributed by atoms with Crippen LogP contribution in [0.15, 0.2) is 36.8 Å². The average Bonchev–Trinajstić information content (AvgIpc) is 3.07. The summed E-state index contributed by atoms with van der Waals surface area (Å²) in [5.41, 5.74) is 3.82. The van der Waals surface area contributed by atoms with Crippen molar-refractivity contribution in [3.63, 3.8) is 0 Å². The highest BCUT2D eigenvalue weighted by Crippen LogP contribution is 2.37. The van der Waals surface area contributed by atoms with Crippen molar-refractivity contribution < 1.29 is 9.59 Å². The van der Waals surface area contributed by atoms with Crippen molar-refractivity contribution in [2.45, 2.75) is 44.7 Å². The summed E-state index contributed by atoms with van der Waals surface area (Å²) in [6, 6.07) is 6.14. The highest BCUT2D eigenvalue weighted by molar-refractivity contribution is 6.36. The van der Waals surface area contributed by atoms with Gasteiger partial charge < -0.3 is 15.5 Å². The molecule has 2 aliphatic rings. The lowest BCUT2D eigenvalue weighted by atomic mass is 9.90. The van der Waals surface area contributed by atoms with Gasteiger partial charge in [-0.3, -0.25) is 19.6 Å². The van der Waals surface area contributed by atoms with Crippen LogP contribution < -0.4 is 10.6 Å². The molecule has 0 unspecified atom stereocenters. The van der Waals surface area contributed by atoms with Crippen molar-refractivity contribution in [3.8, 4) is 0 Å². The smallest absolute Gasteiger partial charge is 0.258 e. The maximum Gasteiger partial charge on any atom is 0.258 e. The largest absolute Gasteiger partial charge is 0.380 e. The summed E-state index contributed by atoms with van der Waals surface area (Å²) in [6.45, 7) is 1.53. The molecule has 0 radical (unpaired) electrons. The molecule has 2 N–H and O–H groups in total. The molecule has 30 heavy (non-hydrogen) atoms. The van der Waals surface area contributed by atoms with E-state index in [0.717, 1.165) is 31.2 Å². The summed E-state index contributed by atoms with van der Waals surface area (Å²) in [5.74, 6) is -0.228. The normalized spacial score (nSPS) is 22.5. The number of anilines is 1. The molecule has 4 rings (SSSR count). The van der Waals surface area contributed by atoms with Crippen LogP contribution in [-0.2, 0) is 4.79 Å². The number of amides is 1. The van der Waals surface area contributed by atoms with Gasteiger partial charge in [0.25, 0.3) is 5.91 Å². The predicted molar refractivity (Wildman–Crippen MR) is 117 cm³/mol. The fraction of sp³-hybridized carbons (Fsp3) is 0.391. The summed E-state index contributed by atoms with van der Waals surface area (Å²) < 4.78 is 0. The van der Waals surface area contributed by atoms with E-state index in [4.69, 9.17) is 0 Å². The highest BCUT2D eigenvalue weighted by Gasteiger charge is 2.31. The monoisotopic (exact) mass is 405 g/mol. The zero-order chi connectivity index (χ0) is 21.3. The lowest BCUT2D eigenvalue weighted by Gasteiger charge is -2.34. The molecule has 2 heterocycles. The molecular weight excluding hydrogens is 378 g/mol. The Labute approximate surface area is 176 Å². The molecule has 0 bridgehead atoms. The number of benzene rings is 1. The third-order valence-corrected chi connectivity index (χ3v) is 6.02. The van der Waals surface area contributed by atoms with E-state index in [9.17, 15) is 9.59 Å². The Morgan fingerprint density at radius 3 is 2.57 bits per heavy atom. The topological polar surface area (TPSA) is 87.2 Å². The number of Topliss-reactive ketones (excluding diaryl/α,β-unsaturated/α-hetero) is 1. The number of nitrogens with zero attached hydrogens (tertiary/aromatic N) is 3. The Balaban J connectivity index is 1.74. The molecule has 1 aliphatic carbocycles. The third kappa shape index (κ3) is 3.98. The number of fused-ring (bicyclic) bond motifs is 1. The van der Waals surface area contributed by atoms with Crippen molar-refractivity contribution in [3.05, 3.63) is 53.6 Å². The first-order chi connectivity index (χ1) is 14.4. The van der Waals surface area contributed by atoms with E-state index in [0.29, 0.717) is 34.3 Å². The van der Waals surface area contributed by atoms with E-state index in [1.807, 2.05) is 0 Å². The summed E-state index contributed by atoms with van der Waals surface area (Å²) in [7, 11) is 4.25. The number of hydrogen-bond donors (Lipinski definition) is 2. The summed E-state index contributed by atoms with van der Waals surface area (Å²) in [4.78, 5) is 35.8. The van der Waals surface area contributed by atoms with Gasteiger partial charge in [-0.1, -0.05) is 0 Å². The van der Waals surface area contributed by atoms with Crippen LogP contribution in [0.2, 0.25) is 0 Å². The molecule has 1 saturated carbocycles. The Morgan fingerprint density at radius 1 is 1.17 bits per heavy atom. The minimum absolute atomic E-state index is 0.0347.